The van der Waals surface area contributed by atoms with Crippen molar-refractivity contribution in [2.75, 3.05) is 12.4 Å². The summed E-state index contributed by atoms with van der Waals surface area (Å²) in [5.41, 5.74) is 1.52. The van der Waals surface area contributed by atoms with Gasteiger partial charge < -0.3 is 5.11 Å². The van der Waals surface area contributed by atoms with E-state index < -0.39 is 20.1 Å². The van der Waals surface area contributed by atoms with E-state index in [1.807, 2.05) is 22.9 Å². The second-order valence-electron chi connectivity index (χ2n) is 5.44. The zero-order valence-corrected chi connectivity index (χ0v) is 18.9. The number of carbonyl (C=O) groups excluding carboxylic acids is 1. The predicted molar refractivity (Wildman–Crippen MR) is 112 cm³/mol. The molecule has 1 unspecified atom stereocenters. The molecule has 0 spiro atoms. The van der Waals surface area contributed by atoms with Crippen molar-refractivity contribution in [3.8, 4) is 10.4 Å². The molecule has 11 heteroatoms. The molecule has 0 fully saturated rings. The molecule has 0 radical (unpaired) electrons. The third-order valence-electron chi connectivity index (χ3n) is 3.54. The van der Waals surface area contributed by atoms with Gasteiger partial charge in [0.1, 0.15) is 0 Å². The smallest absolute Gasteiger partial charge is 0.337 e. The van der Waals surface area contributed by atoms with Gasteiger partial charge in [0.25, 0.3) is 0 Å². The van der Waals surface area contributed by atoms with Crippen molar-refractivity contribution in [1.29, 1.82) is 0 Å². The van der Waals surface area contributed by atoms with Crippen LogP contribution in [0.25, 0.3) is 10.4 Å². The third kappa shape index (κ3) is 5.89. The van der Waals surface area contributed by atoms with Gasteiger partial charge in [-0.1, -0.05) is 6.07 Å². The molecule has 3 aromatic rings. The van der Waals surface area contributed by atoms with Crippen molar-refractivity contribution < 1.29 is 31.3 Å². The summed E-state index contributed by atoms with van der Waals surface area (Å²) in [6.45, 7) is 1.32. The fourth-order valence-corrected chi connectivity index (χ4v) is 6.12. The van der Waals surface area contributed by atoms with Crippen molar-refractivity contribution in [3.05, 3.63) is 58.1 Å². The maximum absolute atomic E-state index is 12.0. The average Bonchev–Trinajstić information content (AvgIpc) is 3.39. The zero-order chi connectivity index (χ0) is 21.4. The Hall–Kier alpha value is -2.20. The largest absolute Gasteiger partial charge is 0.478 e. The number of hydrogen-bond acceptors (Lipinski definition) is 8. The summed E-state index contributed by atoms with van der Waals surface area (Å²) < 4.78 is 20.7. The maximum atomic E-state index is 12.0. The molecule has 3 N–H and O–H groups in total. The van der Waals surface area contributed by atoms with E-state index in [2.05, 4.69) is 12.9 Å². The number of benzene rings is 1. The van der Waals surface area contributed by atoms with Crippen LogP contribution in [-0.2, 0) is 16.1 Å². The van der Waals surface area contributed by atoms with Crippen molar-refractivity contribution in [1.82, 2.24) is 0 Å². The first-order valence-electron chi connectivity index (χ1n) is 8.02. The Labute approximate surface area is 177 Å². The van der Waals surface area contributed by atoms with Crippen LogP contribution >= 0.6 is 22.7 Å². The van der Waals surface area contributed by atoms with E-state index in [9.17, 15) is 13.3 Å². The predicted octanol–water partition coefficient (Wildman–Crippen LogP) is 3.53. The fourth-order valence-electron chi connectivity index (χ4n) is 2.27. The van der Waals surface area contributed by atoms with Gasteiger partial charge >= 0.3 is 101 Å². The summed E-state index contributed by atoms with van der Waals surface area (Å²) in [7, 11) is 1.17. The topological polar surface area (TPSA) is 122 Å². The summed E-state index contributed by atoms with van der Waals surface area (Å²) >= 11 is -1.48. The van der Waals surface area contributed by atoms with Crippen LogP contribution in [0.3, 0.4) is 0 Å². The van der Waals surface area contributed by atoms with Gasteiger partial charge in [0, 0.05) is 21.2 Å². The molecule has 1 atom stereocenters. The summed E-state index contributed by atoms with van der Waals surface area (Å²) in [6, 6.07) is 10.1. The molecule has 2 aromatic heterocycles. The summed E-state index contributed by atoms with van der Waals surface area (Å²) in [5, 5.41) is 25.4. The van der Waals surface area contributed by atoms with Gasteiger partial charge in [-0.15, -0.1) is 11.3 Å². The molecule has 1 amide bonds. The Bertz CT molecular complexity index is 1010. The van der Waals surface area contributed by atoms with E-state index in [1.165, 1.54) is 31.4 Å². The normalized spacial score (nSPS) is 12.4. The Balaban J connectivity index is 0.000000211. The first-order chi connectivity index (χ1) is 13.8. The number of hydrogen-bond donors (Lipinski definition) is 3. The number of anilines is 1. The number of carboxylic acids is 1. The van der Waals surface area contributed by atoms with Gasteiger partial charge in [-0.05, 0) is 11.4 Å². The number of rotatable bonds is 6. The molecule has 0 saturated carbocycles. The van der Waals surface area contributed by atoms with Crippen molar-refractivity contribution in [2.24, 2.45) is 0 Å². The van der Waals surface area contributed by atoms with E-state index in [1.54, 1.807) is 34.9 Å². The molecular weight excluding hydrogens is 481 g/mol. The molecule has 154 valence electrons. The van der Waals surface area contributed by atoms with E-state index in [4.69, 9.17) is 10.4 Å². The Morgan fingerprint density at radius 3 is 2.41 bits per heavy atom. The van der Waals surface area contributed by atoms with Crippen LogP contribution in [-0.4, -0.2) is 43.5 Å². The molecule has 3 rings (SSSR count). The minimum Gasteiger partial charge on any atom is -0.478 e. The third-order valence-corrected chi connectivity index (χ3v) is 8.70. The van der Waals surface area contributed by atoms with E-state index in [0.29, 0.717) is 11.3 Å². The van der Waals surface area contributed by atoms with Crippen LogP contribution in [0.4, 0.5) is 5.69 Å². The fraction of sp³-hybridized carbons (Fsp3) is 0.111. The number of amides is 1. The molecule has 29 heavy (non-hydrogen) atoms. The number of thiophene rings is 2. The number of aromatic carboxylic acids is 1. The molecule has 8 nitrogen and oxygen atoms in total. The average molecular weight is 499 g/mol. The molecular formula is C18H18AsNO7S2. The molecule has 0 bridgehead atoms. The summed E-state index contributed by atoms with van der Waals surface area (Å²) in [5.74, 6) is -1.17. The second-order valence-corrected chi connectivity index (χ2v) is 11.3. The van der Waals surface area contributed by atoms with Crippen molar-refractivity contribution >= 4 is 58.8 Å². The van der Waals surface area contributed by atoms with Crippen LogP contribution in [0, 0.1) is 0 Å². The standard InChI is InChI=1S/C9H12AsNO5.C9H6O2S2/c1-7(12)11-9-6-4-3-5-8(9)10(13,15-2)16-14;10-9(11)7-5-12-4-6(7)8-2-1-3-13-8/h3-6,14H,1-2H3,(H,11,12);1-5H,(H,10,11). The molecule has 0 aliphatic rings. The number of carboxylic acid groups (broad SMARTS) is 1. The zero-order valence-electron chi connectivity index (χ0n) is 15.4. The van der Waals surface area contributed by atoms with Gasteiger partial charge in [0.05, 0.1) is 5.56 Å². The first-order valence-corrected chi connectivity index (χ1v) is 13.1. The first kappa shape index (κ1) is 23.1. The van der Waals surface area contributed by atoms with Gasteiger partial charge in [-0.25, -0.2) is 4.79 Å². The van der Waals surface area contributed by atoms with Crippen molar-refractivity contribution in [2.45, 2.75) is 6.92 Å². The number of nitrogens with one attached hydrogen (secondary N) is 1. The van der Waals surface area contributed by atoms with Gasteiger partial charge in [-0.3, -0.25) is 0 Å². The summed E-state index contributed by atoms with van der Waals surface area (Å²) in [6.07, 6.45) is 0. The molecule has 1 aromatic carbocycles. The molecule has 0 saturated heterocycles. The Morgan fingerprint density at radius 2 is 1.86 bits per heavy atom. The van der Waals surface area contributed by atoms with Crippen LogP contribution in [0.5, 0.6) is 0 Å². The van der Waals surface area contributed by atoms with Crippen molar-refractivity contribution in [3.63, 3.8) is 0 Å². The van der Waals surface area contributed by atoms with Crippen LogP contribution < -0.4 is 9.67 Å². The van der Waals surface area contributed by atoms with Gasteiger partial charge in [0.15, 0.2) is 0 Å². The van der Waals surface area contributed by atoms with Crippen LogP contribution in [0.1, 0.15) is 17.3 Å². The quantitative estimate of drug-likeness (QED) is 0.270. The monoisotopic (exact) mass is 499 g/mol. The Morgan fingerprint density at radius 1 is 1.14 bits per heavy atom. The Kier molecular flexibility index (Phi) is 8.39. The van der Waals surface area contributed by atoms with Gasteiger partial charge in [0.2, 0.25) is 0 Å². The van der Waals surface area contributed by atoms with E-state index in [0.717, 1.165) is 10.4 Å². The number of carbonyl (C=O) groups is 2. The minimum absolute atomic E-state index is 0.154. The maximum Gasteiger partial charge on any atom is 0.337 e. The van der Waals surface area contributed by atoms with E-state index >= 15 is 0 Å². The van der Waals surface area contributed by atoms with Gasteiger partial charge in [-0.2, -0.15) is 11.3 Å². The summed E-state index contributed by atoms with van der Waals surface area (Å²) in [4.78, 5) is 22.7. The molecule has 0 aliphatic heterocycles. The molecule has 0 aliphatic carbocycles. The molecule has 2 heterocycles. The SMILES string of the molecule is CO[As](=O)(OO)c1ccccc1NC(C)=O.O=C(O)c1cscc1-c1cccs1. The van der Waals surface area contributed by atoms with Crippen LogP contribution in [0.2, 0.25) is 0 Å². The minimum atomic E-state index is -4.46. The number of para-hydroxylation sites is 1. The van der Waals surface area contributed by atoms with E-state index in [-0.39, 0.29) is 10.3 Å². The second kappa shape index (κ2) is 10.5. The van der Waals surface area contributed by atoms with Crippen LogP contribution in [0.15, 0.2) is 52.5 Å².